The molecule has 2 fully saturated rings. The van der Waals surface area contributed by atoms with Crippen molar-refractivity contribution in [1.82, 2.24) is 9.80 Å². The van der Waals surface area contributed by atoms with Crippen LogP contribution in [-0.2, 0) is 9.59 Å². The van der Waals surface area contributed by atoms with Crippen molar-refractivity contribution < 1.29 is 24.6 Å². The monoisotopic (exact) mass is 382 g/mol. The molecule has 0 aromatic heterocycles. The molecular formula is C18H23ClN2O5. The predicted molar refractivity (Wildman–Crippen MR) is 96.5 cm³/mol. The SMILES string of the molecule is O=C(O)C(=O)O.O=C(c1cccc(Cl)c1)N1CCN(C2CCCC2)CC1. The summed E-state index contributed by atoms with van der Waals surface area (Å²) in [6.45, 7) is 3.69. The van der Waals surface area contributed by atoms with Crippen LogP contribution in [-0.4, -0.2) is 70.1 Å². The Bertz CT molecular complexity index is 641. The van der Waals surface area contributed by atoms with Crippen LogP contribution in [0.1, 0.15) is 36.0 Å². The maximum Gasteiger partial charge on any atom is 0.414 e. The van der Waals surface area contributed by atoms with Crippen molar-refractivity contribution in [3.8, 4) is 0 Å². The number of hydrogen-bond donors (Lipinski definition) is 2. The third-order valence-electron chi connectivity index (χ3n) is 4.70. The average Bonchev–Trinajstić information content (AvgIpc) is 3.16. The molecule has 0 unspecified atom stereocenters. The highest BCUT2D eigenvalue weighted by atomic mass is 35.5. The summed E-state index contributed by atoms with van der Waals surface area (Å²) in [7, 11) is 0. The van der Waals surface area contributed by atoms with Gasteiger partial charge in [-0.1, -0.05) is 30.5 Å². The number of benzene rings is 1. The maximum absolute atomic E-state index is 12.4. The highest BCUT2D eigenvalue weighted by Crippen LogP contribution is 2.24. The van der Waals surface area contributed by atoms with E-state index in [2.05, 4.69) is 4.90 Å². The van der Waals surface area contributed by atoms with E-state index < -0.39 is 11.9 Å². The topological polar surface area (TPSA) is 98.1 Å². The lowest BCUT2D eigenvalue weighted by molar-refractivity contribution is -0.159. The lowest BCUT2D eigenvalue weighted by Gasteiger charge is -2.38. The number of amides is 1. The summed E-state index contributed by atoms with van der Waals surface area (Å²) < 4.78 is 0. The zero-order chi connectivity index (χ0) is 19.1. The van der Waals surface area contributed by atoms with E-state index in [0.29, 0.717) is 10.6 Å². The third kappa shape index (κ3) is 5.71. The molecule has 0 spiro atoms. The van der Waals surface area contributed by atoms with Crippen LogP contribution in [0.25, 0.3) is 0 Å². The van der Waals surface area contributed by atoms with Crippen molar-refractivity contribution in [3.63, 3.8) is 0 Å². The number of carbonyl (C=O) groups excluding carboxylic acids is 1. The largest absolute Gasteiger partial charge is 0.473 e. The summed E-state index contributed by atoms with van der Waals surface area (Å²) in [5.41, 5.74) is 0.701. The van der Waals surface area contributed by atoms with Crippen molar-refractivity contribution in [1.29, 1.82) is 0 Å². The summed E-state index contributed by atoms with van der Waals surface area (Å²) in [5, 5.41) is 15.4. The standard InChI is InChI=1S/C16H21ClN2O.C2H2O4/c17-14-5-3-4-13(12-14)16(20)19-10-8-18(9-11-19)15-6-1-2-7-15;3-1(4)2(5)6/h3-5,12,15H,1-2,6-11H2;(H,3,4)(H,5,6). The van der Waals surface area contributed by atoms with Crippen molar-refractivity contribution in [2.24, 2.45) is 0 Å². The Morgan fingerprint density at radius 2 is 1.54 bits per heavy atom. The Balaban J connectivity index is 0.000000352. The summed E-state index contributed by atoms with van der Waals surface area (Å²) in [5.74, 6) is -3.54. The molecule has 0 bridgehead atoms. The molecule has 2 aliphatic rings. The van der Waals surface area contributed by atoms with Crippen LogP contribution in [0.15, 0.2) is 24.3 Å². The average molecular weight is 383 g/mol. The van der Waals surface area contributed by atoms with Gasteiger partial charge in [-0.05, 0) is 31.0 Å². The van der Waals surface area contributed by atoms with Crippen molar-refractivity contribution in [2.45, 2.75) is 31.7 Å². The molecule has 1 aliphatic heterocycles. The third-order valence-corrected chi connectivity index (χ3v) is 4.93. The molecule has 26 heavy (non-hydrogen) atoms. The second kappa shape index (κ2) is 9.54. The Morgan fingerprint density at radius 1 is 0.962 bits per heavy atom. The zero-order valence-corrected chi connectivity index (χ0v) is 15.2. The van der Waals surface area contributed by atoms with Crippen LogP contribution in [0.4, 0.5) is 0 Å². The Labute approximate surface area is 157 Å². The molecule has 0 atom stereocenters. The first-order valence-corrected chi connectivity index (χ1v) is 9.01. The van der Waals surface area contributed by atoms with Gasteiger partial charge >= 0.3 is 11.9 Å². The Hall–Kier alpha value is -2.12. The summed E-state index contributed by atoms with van der Waals surface area (Å²) in [6.07, 6.45) is 5.41. The van der Waals surface area contributed by atoms with Crippen LogP contribution >= 0.6 is 11.6 Å². The number of carbonyl (C=O) groups is 3. The minimum atomic E-state index is -1.82. The lowest BCUT2D eigenvalue weighted by Crippen LogP contribution is -2.51. The van der Waals surface area contributed by atoms with E-state index in [1.807, 2.05) is 17.0 Å². The Kier molecular flexibility index (Phi) is 7.41. The fourth-order valence-electron chi connectivity index (χ4n) is 3.36. The van der Waals surface area contributed by atoms with E-state index in [9.17, 15) is 4.79 Å². The van der Waals surface area contributed by atoms with E-state index in [1.165, 1.54) is 25.7 Å². The van der Waals surface area contributed by atoms with Gasteiger partial charge in [0.1, 0.15) is 0 Å². The normalized spacial score (nSPS) is 18.1. The van der Waals surface area contributed by atoms with Gasteiger partial charge in [0.25, 0.3) is 5.91 Å². The van der Waals surface area contributed by atoms with Crippen molar-refractivity contribution >= 4 is 29.4 Å². The number of nitrogens with zero attached hydrogens (tertiary/aromatic N) is 2. The van der Waals surface area contributed by atoms with E-state index in [4.69, 9.17) is 31.4 Å². The van der Waals surface area contributed by atoms with Gasteiger partial charge < -0.3 is 15.1 Å². The number of rotatable bonds is 2. The molecule has 1 saturated heterocycles. The number of halogens is 1. The number of piperazine rings is 1. The van der Waals surface area contributed by atoms with E-state index >= 15 is 0 Å². The molecule has 3 rings (SSSR count). The van der Waals surface area contributed by atoms with Crippen LogP contribution in [0.2, 0.25) is 5.02 Å². The predicted octanol–water partition coefficient (Wildman–Crippen LogP) is 2.20. The van der Waals surface area contributed by atoms with Crippen LogP contribution in [0, 0.1) is 0 Å². The van der Waals surface area contributed by atoms with Crippen LogP contribution in [0.5, 0.6) is 0 Å². The molecule has 2 N–H and O–H groups in total. The second-order valence-electron chi connectivity index (χ2n) is 6.39. The van der Waals surface area contributed by atoms with Gasteiger partial charge in [-0.3, -0.25) is 9.69 Å². The van der Waals surface area contributed by atoms with Gasteiger partial charge in [0.05, 0.1) is 0 Å². The second-order valence-corrected chi connectivity index (χ2v) is 6.82. The molecule has 8 heteroatoms. The van der Waals surface area contributed by atoms with Gasteiger partial charge in [0.15, 0.2) is 0 Å². The molecular weight excluding hydrogens is 360 g/mol. The minimum absolute atomic E-state index is 0.110. The smallest absolute Gasteiger partial charge is 0.414 e. The highest BCUT2D eigenvalue weighted by Gasteiger charge is 2.28. The molecule has 1 heterocycles. The molecule has 7 nitrogen and oxygen atoms in total. The highest BCUT2D eigenvalue weighted by molar-refractivity contribution is 6.31. The molecule has 1 amide bonds. The fourth-order valence-corrected chi connectivity index (χ4v) is 3.55. The van der Waals surface area contributed by atoms with Crippen LogP contribution < -0.4 is 0 Å². The fraction of sp³-hybridized carbons (Fsp3) is 0.500. The Morgan fingerprint density at radius 3 is 2.04 bits per heavy atom. The van der Waals surface area contributed by atoms with E-state index in [0.717, 1.165) is 32.2 Å². The van der Waals surface area contributed by atoms with Crippen LogP contribution in [0.3, 0.4) is 0 Å². The van der Waals surface area contributed by atoms with Crippen molar-refractivity contribution in [3.05, 3.63) is 34.9 Å². The lowest BCUT2D eigenvalue weighted by atomic mass is 10.1. The quantitative estimate of drug-likeness (QED) is 0.761. The first-order chi connectivity index (χ1) is 12.4. The summed E-state index contributed by atoms with van der Waals surface area (Å²) >= 11 is 5.96. The molecule has 142 valence electrons. The van der Waals surface area contributed by atoms with Gasteiger partial charge in [0.2, 0.25) is 0 Å². The first kappa shape index (κ1) is 20.2. The van der Waals surface area contributed by atoms with Crippen molar-refractivity contribution in [2.75, 3.05) is 26.2 Å². The zero-order valence-electron chi connectivity index (χ0n) is 14.4. The maximum atomic E-state index is 12.4. The van der Waals surface area contributed by atoms with Gasteiger partial charge in [-0.25, -0.2) is 9.59 Å². The number of carboxylic acids is 2. The first-order valence-electron chi connectivity index (χ1n) is 8.63. The van der Waals surface area contributed by atoms with E-state index in [-0.39, 0.29) is 5.91 Å². The number of carboxylic acid groups (broad SMARTS) is 2. The molecule has 1 aliphatic carbocycles. The number of aliphatic carboxylic acids is 2. The van der Waals surface area contributed by atoms with E-state index in [1.54, 1.807) is 12.1 Å². The number of hydrogen-bond acceptors (Lipinski definition) is 4. The summed E-state index contributed by atoms with van der Waals surface area (Å²) in [6, 6.07) is 8.00. The molecule has 1 aromatic rings. The minimum Gasteiger partial charge on any atom is -0.473 e. The van der Waals surface area contributed by atoms with Gasteiger partial charge in [-0.15, -0.1) is 0 Å². The van der Waals surface area contributed by atoms with Gasteiger partial charge in [0, 0.05) is 42.8 Å². The summed E-state index contributed by atoms with van der Waals surface area (Å²) in [4.78, 5) is 35.1. The molecule has 0 radical (unpaired) electrons. The molecule has 1 aromatic carbocycles. The van der Waals surface area contributed by atoms with Gasteiger partial charge in [-0.2, -0.15) is 0 Å². The molecule has 1 saturated carbocycles.